The summed E-state index contributed by atoms with van der Waals surface area (Å²) >= 11 is 0.987. The maximum Gasteiger partial charge on any atom is 0.255 e. The van der Waals surface area contributed by atoms with Crippen LogP contribution in [0.4, 0.5) is 17.6 Å². The molecule has 0 saturated heterocycles. The fourth-order valence-corrected chi connectivity index (χ4v) is 4.27. The zero-order chi connectivity index (χ0) is 23.2. The minimum Gasteiger partial charge on any atom is -0.383 e. The Morgan fingerprint density at radius 3 is 2.28 bits per heavy atom. The molecular weight excluding hydrogens is 444 g/mol. The van der Waals surface area contributed by atoms with Crippen LogP contribution in [0.5, 0.6) is 0 Å². The molecule has 0 radical (unpaired) electrons. The van der Waals surface area contributed by atoms with Crippen LogP contribution in [-0.2, 0) is 5.60 Å². The van der Waals surface area contributed by atoms with Gasteiger partial charge in [-0.2, -0.15) is 0 Å². The second kappa shape index (κ2) is 7.99. The standard InChI is InChI=1S/C23H16F4N2O2S/c1-23(2,31)22-28-19(21(32-22)14-8-7-13(24)10-17(14)27)12-6-9-18(30)29(11-12)20-15(25)4-3-5-16(20)26/h3-11,31H,1-2H3. The van der Waals surface area contributed by atoms with Gasteiger partial charge in [0.1, 0.15) is 39.6 Å². The highest BCUT2D eigenvalue weighted by Crippen LogP contribution is 2.41. The molecule has 0 atom stereocenters. The lowest BCUT2D eigenvalue weighted by atomic mass is 10.1. The summed E-state index contributed by atoms with van der Waals surface area (Å²) in [6.45, 7) is 2.99. The van der Waals surface area contributed by atoms with Gasteiger partial charge in [-0.25, -0.2) is 22.5 Å². The van der Waals surface area contributed by atoms with Crippen molar-refractivity contribution in [3.8, 4) is 27.4 Å². The Kier molecular flexibility index (Phi) is 5.47. The molecule has 0 aliphatic rings. The van der Waals surface area contributed by atoms with E-state index in [9.17, 15) is 27.5 Å². The van der Waals surface area contributed by atoms with Crippen molar-refractivity contribution < 1.29 is 22.7 Å². The van der Waals surface area contributed by atoms with Gasteiger partial charge >= 0.3 is 0 Å². The molecule has 0 spiro atoms. The number of aromatic nitrogens is 2. The third kappa shape index (κ3) is 3.96. The number of rotatable bonds is 4. The van der Waals surface area contributed by atoms with E-state index in [4.69, 9.17) is 0 Å². The minimum absolute atomic E-state index is 0.0317. The fraction of sp³-hybridized carbons (Fsp3) is 0.130. The molecule has 0 bridgehead atoms. The molecule has 4 nitrogen and oxygen atoms in total. The van der Waals surface area contributed by atoms with Gasteiger partial charge in [-0.05, 0) is 44.2 Å². The van der Waals surface area contributed by atoms with Crippen molar-refractivity contribution in [1.29, 1.82) is 0 Å². The highest BCUT2D eigenvalue weighted by molar-refractivity contribution is 7.15. The Balaban J connectivity index is 1.98. The first-order chi connectivity index (χ1) is 15.1. The normalized spacial score (nSPS) is 11.7. The quantitative estimate of drug-likeness (QED) is 0.414. The van der Waals surface area contributed by atoms with Gasteiger partial charge in [0, 0.05) is 29.5 Å². The summed E-state index contributed by atoms with van der Waals surface area (Å²) < 4.78 is 57.4. The smallest absolute Gasteiger partial charge is 0.255 e. The summed E-state index contributed by atoms with van der Waals surface area (Å²) in [5.41, 5.74) is -2.18. The molecule has 0 fully saturated rings. The average Bonchev–Trinajstić information content (AvgIpc) is 3.15. The lowest BCUT2D eigenvalue weighted by Crippen LogP contribution is -2.19. The summed E-state index contributed by atoms with van der Waals surface area (Å²) in [5, 5.41) is 10.7. The van der Waals surface area contributed by atoms with E-state index in [1.54, 1.807) is 0 Å². The minimum atomic E-state index is -1.37. The Morgan fingerprint density at radius 2 is 1.66 bits per heavy atom. The Hall–Kier alpha value is -3.30. The van der Waals surface area contributed by atoms with Crippen LogP contribution < -0.4 is 5.56 Å². The van der Waals surface area contributed by atoms with Gasteiger partial charge in [0.15, 0.2) is 0 Å². The monoisotopic (exact) mass is 460 g/mol. The van der Waals surface area contributed by atoms with Crippen LogP contribution in [0.1, 0.15) is 18.9 Å². The van der Waals surface area contributed by atoms with Crippen molar-refractivity contribution >= 4 is 11.3 Å². The van der Waals surface area contributed by atoms with Crippen LogP contribution in [0.3, 0.4) is 0 Å². The third-order valence-corrected chi connectivity index (χ3v) is 6.09. The van der Waals surface area contributed by atoms with E-state index in [0.29, 0.717) is 0 Å². The molecule has 0 unspecified atom stereocenters. The van der Waals surface area contributed by atoms with Gasteiger partial charge in [-0.1, -0.05) is 6.07 Å². The SMILES string of the molecule is CC(C)(O)c1nc(-c2ccc(=O)n(-c3c(F)cccc3F)c2)c(-c2ccc(F)cc2F)s1. The summed E-state index contributed by atoms with van der Waals surface area (Å²) in [4.78, 5) is 17.1. The summed E-state index contributed by atoms with van der Waals surface area (Å²) in [6, 6.07) is 8.75. The van der Waals surface area contributed by atoms with E-state index in [0.717, 1.165) is 46.2 Å². The summed E-state index contributed by atoms with van der Waals surface area (Å²) in [7, 11) is 0. The summed E-state index contributed by atoms with van der Waals surface area (Å²) in [5.74, 6) is -3.48. The molecule has 164 valence electrons. The van der Waals surface area contributed by atoms with E-state index in [2.05, 4.69) is 4.98 Å². The molecule has 1 N–H and O–H groups in total. The lowest BCUT2D eigenvalue weighted by molar-refractivity contribution is 0.0783. The maximum absolute atomic E-state index is 14.6. The fourth-order valence-electron chi connectivity index (χ4n) is 3.15. The second-order valence-corrected chi connectivity index (χ2v) is 8.58. The number of pyridine rings is 1. The van der Waals surface area contributed by atoms with E-state index < -0.39 is 40.1 Å². The first-order valence-electron chi connectivity index (χ1n) is 9.43. The van der Waals surface area contributed by atoms with Crippen LogP contribution in [-0.4, -0.2) is 14.7 Å². The predicted molar refractivity (Wildman–Crippen MR) is 114 cm³/mol. The second-order valence-electron chi connectivity index (χ2n) is 7.58. The van der Waals surface area contributed by atoms with E-state index in [1.807, 2.05) is 0 Å². The van der Waals surface area contributed by atoms with Gasteiger partial charge in [-0.15, -0.1) is 11.3 Å². The molecular formula is C23H16F4N2O2S. The topological polar surface area (TPSA) is 55.1 Å². The molecule has 2 aromatic heterocycles. The van der Waals surface area contributed by atoms with Crippen molar-refractivity contribution in [3.05, 3.63) is 93.4 Å². The van der Waals surface area contributed by atoms with Gasteiger partial charge < -0.3 is 5.11 Å². The van der Waals surface area contributed by atoms with Crippen LogP contribution in [0.25, 0.3) is 27.4 Å². The van der Waals surface area contributed by atoms with Crippen molar-refractivity contribution in [2.75, 3.05) is 0 Å². The number of para-hydroxylation sites is 1. The van der Waals surface area contributed by atoms with E-state index >= 15 is 0 Å². The molecule has 9 heteroatoms. The van der Waals surface area contributed by atoms with Gasteiger partial charge in [0.25, 0.3) is 5.56 Å². The molecule has 4 aromatic rings. The number of nitrogens with zero attached hydrogens (tertiary/aromatic N) is 2. The number of hydrogen-bond donors (Lipinski definition) is 1. The Morgan fingerprint density at radius 1 is 0.969 bits per heavy atom. The van der Waals surface area contributed by atoms with Crippen molar-refractivity contribution in [3.63, 3.8) is 0 Å². The molecule has 2 aromatic carbocycles. The molecule has 0 aliphatic heterocycles. The molecule has 2 heterocycles. The highest BCUT2D eigenvalue weighted by atomic mass is 32.1. The first-order valence-corrected chi connectivity index (χ1v) is 10.2. The largest absolute Gasteiger partial charge is 0.383 e. The molecule has 0 aliphatic carbocycles. The van der Waals surface area contributed by atoms with E-state index in [-0.39, 0.29) is 26.7 Å². The number of benzene rings is 2. The van der Waals surface area contributed by atoms with Gasteiger partial charge in [-0.3, -0.25) is 9.36 Å². The van der Waals surface area contributed by atoms with Gasteiger partial charge in [0.2, 0.25) is 0 Å². The van der Waals surface area contributed by atoms with E-state index in [1.165, 1.54) is 38.2 Å². The van der Waals surface area contributed by atoms with Crippen LogP contribution >= 0.6 is 11.3 Å². The number of thiazole rings is 1. The van der Waals surface area contributed by atoms with Crippen molar-refractivity contribution in [1.82, 2.24) is 9.55 Å². The number of hydrogen-bond acceptors (Lipinski definition) is 4. The van der Waals surface area contributed by atoms with Crippen LogP contribution in [0.2, 0.25) is 0 Å². The van der Waals surface area contributed by atoms with Crippen molar-refractivity contribution in [2.24, 2.45) is 0 Å². The Labute approximate surface area is 184 Å². The molecule has 0 amide bonds. The Bertz CT molecular complexity index is 1370. The maximum atomic E-state index is 14.6. The zero-order valence-corrected chi connectivity index (χ0v) is 17.7. The average molecular weight is 460 g/mol. The molecule has 32 heavy (non-hydrogen) atoms. The number of halogens is 4. The van der Waals surface area contributed by atoms with Crippen molar-refractivity contribution in [2.45, 2.75) is 19.4 Å². The number of aliphatic hydroxyl groups is 1. The molecule has 4 rings (SSSR count). The van der Waals surface area contributed by atoms with Crippen LogP contribution in [0, 0.1) is 23.3 Å². The third-order valence-electron chi connectivity index (χ3n) is 4.69. The zero-order valence-electron chi connectivity index (χ0n) is 16.9. The summed E-state index contributed by atoms with van der Waals surface area (Å²) in [6.07, 6.45) is 1.19. The van der Waals surface area contributed by atoms with Gasteiger partial charge in [0.05, 0.1) is 10.6 Å². The predicted octanol–water partition coefficient (Wildman–Crippen LogP) is 5.41. The first kappa shape index (κ1) is 21.9. The molecule has 0 saturated carbocycles. The lowest BCUT2D eigenvalue weighted by Gasteiger charge is -2.12. The highest BCUT2D eigenvalue weighted by Gasteiger charge is 2.26. The van der Waals surface area contributed by atoms with Crippen LogP contribution in [0.15, 0.2) is 59.5 Å².